The maximum absolute atomic E-state index is 14.0. The van der Waals surface area contributed by atoms with E-state index in [2.05, 4.69) is 56.7 Å². The average molecular weight is 411 g/mol. The van der Waals surface area contributed by atoms with Crippen molar-refractivity contribution in [3.63, 3.8) is 0 Å². The molecule has 2 atom stereocenters. The molecule has 0 aliphatic carbocycles. The summed E-state index contributed by atoms with van der Waals surface area (Å²) >= 11 is 0. The number of hydrogen-bond acceptors (Lipinski definition) is 4. The zero-order valence-electron chi connectivity index (χ0n) is 17.8. The maximum atomic E-state index is 14.0. The second kappa shape index (κ2) is 9.43. The predicted molar refractivity (Wildman–Crippen MR) is 119 cm³/mol. The number of aliphatic imine (C=N–C) groups is 1. The minimum Gasteiger partial charge on any atom is -0.355 e. The summed E-state index contributed by atoms with van der Waals surface area (Å²) in [5, 5.41) is 6.96. The van der Waals surface area contributed by atoms with E-state index in [1.54, 1.807) is 19.3 Å². The molecular formula is C23H31FN6. The second-order valence-corrected chi connectivity index (χ2v) is 8.18. The molecule has 7 heteroatoms. The van der Waals surface area contributed by atoms with Crippen LogP contribution in [0, 0.1) is 5.82 Å². The summed E-state index contributed by atoms with van der Waals surface area (Å²) in [5.74, 6) is 0.967. The van der Waals surface area contributed by atoms with Gasteiger partial charge in [0.2, 0.25) is 0 Å². The summed E-state index contributed by atoms with van der Waals surface area (Å²) in [6.45, 7) is 6.67. The Hall–Kier alpha value is -2.67. The van der Waals surface area contributed by atoms with Crippen LogP contribution in [0.2, 0.25) is 0 Å². The Bertz CT molecular complexity index is 886. The summed E-state index contributed by atoms with van der Waals surface area (Å²) in [4.78, 5) is 13.1. The highest BCUT2D eigenvalue weighted by Crippen LogP contribution is 2.21. The fourth-order valence-electron chi connectivity index (χ4n) is 4.34. The molecule has 0 radical (unpaired) electrons. The molecule has 160 valence electrons. The summed E-state index contributed by atoms with van der Waals surface area (Å²) < 4.78 is 14.0. The third kappa shape index (κ3) is 4.73. The zero-order valence-corrected chi connectivity index (χ0v) is 17.8. The van der Waals surface area contributed by atoms with Crippen molar-refractivity contribution in [1.29, 1.82) is 0 Å². The van der Waals surface area contributed by atoms with Crippen molar-refractivity contribution < 1.29 is 4.39 Å². The van der Waals surface area contributed by atoms with Crippen LogP contribution in [0.25, 0.3) is 0 Å². The Morgan fingerprint density at radius 1 is 1.23 bits per heavy atom. The number of pyridine rings is 1. The van der Waals surface area contributed by atoms with Gasteiger partial charge in [0.05, 0.1) is 0 Å². The Morgan fingerprint density at radius 3 is 2.87 bits per heavy atom. The van der Waals surface area contributed by atoms with E-state index in [4.69, 9.17) is 0 Å². The van der Waals surface area contributed by atoms with Crippen LogP contribution in [0.4, 0.5) is 10.2 Å². The van der Waals surface area contributed by atoms with E-state index in [-0.39, 0.29) is 11.9 Å². The van der Waals surface area contributed by atoms with Gasteiger partial charge in [0, 0.05) is 58.1 Å². The number of halogens is 1. The van der Waals surface area contributed by atoms with Gasteiger partial charge in [-0.3, -0.25) is 9.89 Å². The van der Waals surface area contributed by atoms with E-state index >= 15 is 0 Å². The first kappa shape index (κ1) is 20.6. The Kier molecular flexibility index (Phi) is 6.47. The van der Waals surface area contributed by atoms with E-state index in [1.807, 2.05) is 4.90 Å². The van der Waals surface area contributed by atoms with Crippen LogP contribution in [0.5, 0.6) is 0 Å². The summed E-state index contributed by atoms with van der Waals surface area (Å²) in [6, 6.07) is 12.4. The summed E-state index contributed by atoms with van der Waals surface area (Å²) in [5.41, 5.74) is 2.91. The number of nitrogens with zero attached hydrogens (tertiary/aromatic N) is 4. The zero-order chi connectivity index (χ0) is 20.9. The van der Waals surface area contributed by atoms with E-state index in [1.165, 1.54) is 17.2 Å². The van der Waals surface area contributed by atoms with Crippen LogP contribution in [0.15, 0.2) is 47.6 Å². The molecule has 2 N–H and O–H groups in total. The highest BCUT2D eigenvalue weighted by molar-refractivity contribution is 5.80. The third-order valence-electron chi connectivity index (χ3n) is 6.14. The molecule has 2 unspecified atom stereocenters. The lowest BCUT2D eigenvalue weighted by molar-refractivity contribution is 0.191. The summed E-state index contributed by atoms with van der Waals surface area (Å²) in [6.07, 6.45) is 3.67. The molecule has 2 aliphatic rings. The number of aromatic nitrogens is 1. The molecule has 6 nitrogen and oxygen atoms in total. The van der Waals surface area contributed by atoms with Gasteiger partial charge in [0.15, 0.2) is 17.6 Å². The number of anilines is 1. The van der Waals surface area contributed by atoms with Crippen molar-refractivity contribution in [1.82, 2.24) is 20.5 Å². The molecule has 0 bridgehead atoms. The van der Waals surface area contributed by atoms with Gasteiger partial charge < -0.3 is 15.5 Å². The van der Waals surface area contributed by atoms with Crippen LogP contribution in [-0.2, 0) is 13.0 Å². The molecular weight excluding hydrogens is 379 g/mol. The second-order valence-electron chi connectivity index (χ2n) is 8.18. The Morgan fingerprint density at radius 2 is 2.07 bits per heavy atom. The fourth-order valence-corrected chi connectivity index (χ4v) is 4.34. The van der Waals surface area contributed by atoms with Crippen LogP contribution in [0.1, 0.15) is 24.5 Å². The number of fused-ring (bicyclic) bond motifs is 1. The minimum atomic E-state index is -0.266. The van der Waals surface area contributed by atoms with E-state index in [0.717, 1.165) is 45.0 Å². The average Bonchev–Trinajstić information content (AvgIpc) is 3.24. The number of nitrogens with one attached hydrogen (secondary N) is 2. The SMILES string of the molecule is CN=C(NCC(C)N1CCc2ccccc2C1)NC1CCN(c2ncccc2F)C1. The topological polar surface area (TPSA) is 55.8 Å². The molecule has 0 saturated carbocycles. The van der Waals surface area contributed by atoms with Crippen molar-refractivity contribution in [3.8, 4) is 0 Å². The van der Waals surface area contributed by atoms with Crippen LogP contribution < -0.4 is 15.5 Å². The van der Waals surface area contributed by atoms with Gasteiger partial charge in [0.25, 0.3) is 0 Å². The molecule has 1 fully saturated rings. The normalized spacial score (nSPS) is 20.7. The Balaban J connectivity index is 1.26. The first-order valence-corrected chi connectivity index (χ1v) is 10.8. The van der Waals surface area contributed by atoms with Crippen LogP contribution >= 0.6 is 0 Å². The molecule has 2 aromatic rings. The van der Waals surface area contributed by atoms with Gasteiger partial charge in [-0.1, -0.05) is 24.3 Å². The van der Waals surface area contributed by atoms with E-state index < -0.39 is 0 Å². The molecule has 1 aromatic carbocycles. The van der Waals surface area contributed by atoms with Crippen molar-refractivity contribution >= 4 is 11.8 Å². The molecule has 0 spiro atoms. The highest BCUT2D eigenvalue weighted by atomic mass is 19.1. The van der Waals surface area contributed by atoms with Crippen molar-refractivity contribution in [2.24, 2.45) is 4.99 Å². The minimum absolute atomic E-state index is 0.217. The third-order valence-corrected chi connectivity index (χ3v) is 6.14. The van der Waals surface area contributed by atoms with E-state index in [0.29, 0.717) is 18.4 Å². The quantitative estimate of drug-likeness (QED) is 0.586. The molecule has 1 saturated heterocycles. The first-order valence-electron chi connectivity index (χ1n) is 10.8. The first-order chi connectivity index (χ1) is 14.6. The lowest BCUT2D eigenvalue weighted by Crippen LogP contribution is -2.49. The highest BCUT2D eigenvalue weighted by Gasteiger charge is 2.26. The van der Waals surface area contributed by atoms with Crippen molar-refractivity contribution in [2.75, 3.05) is 38.1 Å². The van der Waals surface area contributed by atoms with Gasteiger partial charge >= 0.3 is 0 Å². The number of guanidine groups is 1. The maximum Gasteiger partial charge on any atom is 0.191 e. The van der Waals surface area contributed by atoms with Gasteiger partial charge in [-0.25, -0.2) is 9.37 Å². The standard InChI is InChI=1S/C23H31FN6/c1-17(29-12-9-18-6-3-4-7-19(18)15-29)14-27-23(25-2)28-20-10-13-30(16-20)22-21(24)8-5-11-26-22/h3-8,11,17,20H,9-10,12-16H2,1-2H3,(H2,25,27,28). The largest absolute Gasteiger partial charge is 0.355 e. The lowest BCUT2D eigenvalue weighted by atomic mass is 9.99. The number of benzene rings is 1. The Labute approximate surface area is 178 Å². The van der Waals surface area contributed by atoms with Gasteiger partial charge in [-0.05, 0) is 43.0 Å². The molecule has 30 heavy (non-hydrogen) atoms. The smallest absolute Gasteiger partial charge is 0.191 e. The van der Waals surface area contributed by atoms with Gasteiger partial charge in [-0.2, -0.15) is 0 Å². The molecule has 4 rings (SSSR count). The molecule has 2 aliphatic heterocycles. The lowest BCUT2D eigenvalue weighted by Gasteiger charge is -2.34. The fraction of sp³-hybridized carbons (Fsp3) is 0.478. The molecule has 3 heterocycles. The van der Waals surface area contributed by atoms with Gasteiger partial charge in [-0.15, -0.1) is 0 Å². The molecule has 1 aromatic heterocycles. The van der Waals surface area contributed by atoms with Gasteiger partial charge in [0.1, 0.15) is 0 Å². The van der Waals surface area contributed by atoms with Crippen LogP contribution in [-0.4, -0.2) is 61.2 Å². The number of rotatable bonds is 5. The van der Waals surface area contributed by atoms with Crippen molar-refractivity contribution in [3.05, 3.63) is 59.5 Å². The van der Waals surface area contributed by atoms with Crippen LogP contribution in [0.3, 0.4) is 0 Å². The summed E-state index contributed by atoms with van der Waals surface area (Å²) in [7, 11) is 1.79. The number of hydrogen-bond donors (Lipinski definition) is 2. The monoisotopic (exact) mass is 410 g/mol. The van der Waals surface area contributed by atoms with Crippen molar-refractivity contribution in [2.45, 2.75) is 38.4 Å². The van der Waals surface area contributed by atoms with E-state index in [9.17, 15) is 4.39 Å². The molecule has 0 amide bonds. The predicted octanol–water partition coefficient (Wildman–Crippen LogP) is 2.41.